The third kappa shape index (κ3) is 2.49. The number of aryl methyl sites for hydroxylation is 2. The highest BCUT2D eigenvalue weighted by Gasteiger charge is 2.10. The van der Waals surface area contributed by atoms with Crippen LogP contribution >= 0.6 is 15.9 Å². The number of hydrogen-bond acceptors (Lipinski definition) is 2. The second kappa shape index (κ2) is 4.87. The summed E-state index contributed by atoms with van der Waals surface area (Å²) in [6.45, 7) is 2.83. The van der Waals surface area contributed by atoms with Crippen LogP contribution in [0.3, 0.4) is 0 Å². The van der Waals surface area contributed by atoms with Crippen LogP contribution in [0.25, 0.3) is 11.0 Å². The second-order valence-electron chi connectivity index (χ2n) is 3.80. The minimum atomic E-state index is -0.791. The smallest absolute Gasteiger partial charge is 0.303 e. The van der Waals surface area contributed by atoms with Crippen LogP contribution in [-0.4, -0.2) is 20.6 Å². The van der Waals surface area contributed by atoms with E-state index in [1.165, 1.54) is 0 Å². The van der Waals surface area contributed by atoms with Crippen molar-refractivity contribution < 1.29 is 9.90 Å². The molecule has 0 aliphatic heterocycles. The maximum atomic E-state index is 10.6. The molecule has 0 saturated heterocycles. The standard InChI is InChI=1S/C12H13BrN2O2/c1-2-15-10-4-3-8(13)7-9(10)14-11(15)5-6-12(16)17/h3-4,7H,2,5-6H2,1H3,(H,16,17). The molecule has 1 aromatic heterocycles. The zero-order valence-electron chi connectivity index (χ0n) is 9.48. The minimum absolute atomic E-state index is 0.116. The van der Waals surface area contributed by atoms with Crippen LogP contribution in [0.15, 0.2) is 22.7 Å². The van der Waals surface area contributed by atoms with Crippen molar-refractivity contribution in [3.05, 3.63) is 28.5 Å². The van der Waals surface area contributed by atoms with Gasteiger partial charge in [-0.1, -0.05) is 15.9 Å². The third-order valence-electron chi connectivity index (χ3n) is 2.67. The van der Waals surface area contributed by atoms with E-state index < -0.39 is 5.97 Å². The van der Waals surface area contributed by atoms with Gasteiger partial charge in [0.1, 0.15) is 5.82 Å². The van der Waals surface area contributed by atoms with Gasteiger partial charge in [-0.15, -0.1) is 0 Å². The third-order valence-corrected chi connectivity index (χ3v) is 3.16. The first-order valence-corrected chi connectivity index (χ1v) is 6.27. The molecule has 1 aromatic carbocycles. The van der Waals surface area contributed by atoms with E-state index in [9.17, 15) is 4.79 Å². The summed E-state index contributed by atoms with van der Waals surface area (Å²) >= 11 is 3.41. The average Bonchev–Trinajstić information content (AvgIpc) is 2.62. The SMILES string of the molecule is CCn1c(CCC(=O)O)nc2cc(Br)ccc21. The number of rotatable bonds is 4. The lowest BCUT2D eigenvalue weighted by Crippen LogP contribution is -2.05. The largest absolute Gasteiger partial charge is 0.481 e. The first-order valence-electron chi connectivity index (χ1n) is 5.48. The van der Waals surface area contributed by atoms with Crippen molar-refractivity contribution in [3.8, 4) is 0 Å². The molecule has 0 bridgehead atoms. The lowest BCUT2D eigenvalue weighted by atomic mass is 10.3. The Bertz CT molecular complexity index is 563. The van der Waals surface area contributed by atoms with E-state index in [-0.39, 0.29) is 6.42 Å². The molecule has 0 amide bonds. The Kier molecular flexibility index (Phi) is 3.47. The van der Waals surface area contributed by atoms with Crippen LogP contribution in [0.1, 0.15) is 19.2 Å². The van der Waals surface area contributed by atoms with Crippen molar-refractivity contribution in [2.45, 2.75) is 26.3 Å². The predicted octanol–water partition coefficient (Wildman–Crippen LogP) is 2.84. The average molecular weight is 297 g/mol. The van der Waals surface area contributed by atoms with Gasteiger partial charge in [-0.2, -0.15) is 0 Å². The van der Waals surface area contributed by atoms with Gasteiger partial charge in [0.25, 0.3) is 0 Å². The molecule has 0 spiro atoms. The molecule has 90 valence electrons. The molecule has 2 aromatic rings. The lowest BCUT2D eigenvalue weighted by Gasteiger charge is -2.04. The number of carboxylic acid groups (broad SMARTS) is 1. The first-order chi connectivity index (χ1) is 8.11. The summed E-state index contributed by atoms with van der Waals surface area (Å²) in [5, 5.41) is 8.71. The summed E-state index contributed by atoms with van der Waals surface area (Å²) in [7, 11) is 0. The van der Waals surface area contributed by atoms with Gasteiger partial charge in [-0.05, 0) is 25.1 Å². The van der Waals surface area contributed by atoms with Crippen molar-refractivity contribution in [1.29, 1.82) is 0 Å². The summed E-state index contributed by atoms with van der Waals surface area (Å²) in [5.41, 5.74) is 1.96. The normalized spacial score (nSPS) is 10.9. The molecule has 0 atom stereocenters. The molecule has 17 heavy (non-hydrogen) atoms. The molecule has 0 aliphatic carbocycles. The first kappa shape index (κ1) is 12.1. The molecule has 0 unspecified atom stereocenters. The molecular weight excluding hydrogens is 284 g/mol. The van der Waals surface area contributed by atoms with E-state index in [0.717, 1.165) is 27.9 Å². The number of aliphatic carboxylic acids is 1. The highest BCUT2D eigenvalue weighted by Crippen LogP contribution is 2.21. The Morgan fingerprint density at radius 2 is 2.29 bits per heavy atom. The molecular formula is C12H13BrN2O2. The van der Waals surface area contributed by atoms with Gasteiger partial charge in [0.2, 0.25) is 0 Å². The maximum Gasteiger partial charge on any atom is 0.303 e. The molecule has 0 radical (unpaired) electrons. The van der Waals surface area contributed by atoms with Crippen LogP contribution < -0.4 is 0 Å². The fourth-order valence-corrected chi connectivity index (χ4v) is 2.26. The number of carbonyl (C=O) groups is 1. The number of fused-ring (bicyclic) bond motifs is 1. The van der Waals surface area contributed by atoms with Crippen molar-refractivity contribution >= 4 is 32.9 Å². The number of imidazole rings is 1. The molecule has 4 nitrogen and oxygen atoms in total. The van der Waals surface area contributed by atoms with Gasteiger partial charge in [0, 0.05) is 17.4 Å². The lowest BCUT2D eigenvalue weighted by molar-refractivity contribution is -0.137. The quantitative estimate of drug-likeness (QED) is 0.944. The fraction of sp³-hybridized carbons (Fsp3) is 0.333. The molecule has 0 fully saturated rings. The van der Waals surface area contributed by atoms with Crippen LogP contribution in [0.5, 0.6) is 0 Å². The molecule has 2 rings (SSSR count). The number of benzene rings is 1. The summed E-state index contributed by atoms with van der Waals surface area (Å²) in [4.78, 5) is 15.1. The van der Waals surface area contributed by atoms with E-state index in [4.69, 9.17) is 5.11 Å². The van der Waals surface area contributed by atoms with E-state index >= 15 is 0 Å². The highest BCUT2D eigenvalue weighted by atomic mass is 79.9. The van der Waals surface area contributed by atoms with E-state index in [1.807, 2.05) is 25.1 Å². The minimum Gasteiger partial charge on any atom is -0.481 e. The Hall–Kier alpha value is -1.36. The zero-order chi connectivity index (χ0) is 12.4. The highest BCUT2D eigenvalue weighted by molar-refractivity contribution is 9.10. The van der Waals surface area contributed by atoms with E-state index in [1.54, 1.807) is 0 Å². The zero-order valence-corrected chi connectivity index (χ0v) is 11.1. The van der Waals surface area contributed by atoms with Crippen LogP contribution in [0.2, 0.25) is 0 Å². The summed E-state index contributed by atoms with van der Waals surface area (Å²) in [6, 6.07) is 5.92. The van der Waals surface area contributed by atoms with Gasteiger partial charge in [-0.25, -0.2) is 4.98 Å². The molecule has 0 aliphatic rings. The topological polar surface area (TPSA) is 55.1 Å². The summed E-state index contributed by atoms with van der Waals surface area (Å²) in [5.74, 6) is 0.0453. The van der Waals surface area contributed by atoms with Gasteiger partial charge in [0.15, 0.2) is 0 Å². The molecule has 1 heterocycles. The Morgan fingerprint density at radius 1 is 1.53 bits per heavy atom. The monoisotopic (exact) mass is 296 g/mol. The van der Waals surface area contributed by atoms with Gasteiger partial charge < -0.3 is 9.67 Å². The van der Waals surface area contributed by atoms with Gasteiger partial charge in [0.05, 0.1) is 17.5 Å². The van der Waals surface area contributed by atoms with E-state index in [0.29, 0.717) is 6.42 Å². The molecule has 5 heteroatoms. The second-order valence-corrected chi connectivity index (χ2v) is 4.71. The van der Waals surface area contributed by atoms with Crippen molar-refractivity contribution in [1.82, 2.24) is 9.55 Å². The Balaban J connectivity index is 2.44. The predicted molar refractivity (Wildman–Crippen MR) is 69.1 cm³/mol. The Morgan fingerprint density at radius 3 is 2.94 bits per heavy atom. The number of aromatic nitrogens is 2. The molecule has 0 saturated carbocycles. The summed E-state index contributed by atoms with van der Waals surface area (Å²) < 4.78 is 3.04. The number of halogens is 1. The van der Waals surface area contributed by atoms with Gasteiger partial charge in [-0.3, -0.25) is 4.79 Å². The number of carboxylic acids is 1. The summed E-state index contributed by atoms with van der Waals surface area (Å²) in [6.07, 6.45) is 0.583. The van der Waals surface area contributed by atoms with Crippen LogP contribution in [0, 0.1) is 0 Å². The Labute approximate surface area is 107 Å². The van der Waals surface area contributed by atoms with Crippen molar-refractivity contribution in [3.63, 3.8) is 0 Å². The number of hydrogen-bond donors (Lipinski definition) is 1. The fourth-order valence-electron chi connectivity index (χ4n) is 1.92. The van der Waals surface area contributed by atoms with Crippen LogP contribution in [0.4, 0.5) is 0 Å². The van der Waals surface area contributed by atoms with Crippen molar-refractivity contribution in [2.75, 3.05) is 0 Å². The van der Waals surface area contributed by atoms with Gasteiger partial charge >= 0.3 is 5.97 Å². The molecule has 1 N–H and O–H groups in total. The number of nitrogens with zero attached hydrogens (tertiary/aromatic N) is 2. The van der Waals surface area contributed by atoms with Crippen LogP contribution in [-0.2, 0) is 17.8 Å². The van der Waals surface area contributed by atoms with E-state index in [2.05, 4.69) is 25.5 Å². The van der Waals surface area contributed by atoms with Crippen molar-refractivity contribution in [2.24, 2.45) is 0 Å². The maximum absolute atomic E-state index is 10.6.